The molecule has 0 saturated carbocycles. The lowest BCUT2D eigenvalue weighted by atomic mass is 10.2. The van der Waals surface area contributed by atoms with Crippen LogP contribution in [-0.2, 0) is 22.7 Å². The minimum absolute atomic E-state index is 0.0364. The highest BCUT2D eigenvalue weighted by Crippen LogP contribution is 2.28. The molecule has 0 spiro atoms. The molecular weight excluding hydrogens is 557 g/mol. The van der Waals surface area contributed by atoms with Gasteiger partial charge in [0.25, 0.3) is 5.56 Å². The number of nitrogens with zero attached hydrogens (tertiary/aromatic N) is 4. The molecule has 5 rings (SSSR count). The molecule has 2 amide bonds. The molecule has 1 fully saturated rings. The molecule has 9 nitrogen and oxygen atoms in total. The molecule has 218 valence electrons. The molecule has 1 aliphatic rings. The highest BCUT2D eigenvalue weighted by atomic mass is 32.2. The van der Waals surface area contributed by atoms with E-state index in [9.17, 15) is 18.8 Å². The molecule has 0 atom stereocenters. The van der Waals surface area contributed by atoms with Crippen LogP contribution in [0.3, 0.4) is 0 Å². The predicted octanol–water partition coefficient (Wildman–Crippen LogP) is 3.69. The van der Waals surface area contributed by atoms with E-state index in [4.69, 9.17) is 4.74 Å². The average Bonchev–Trinajstić information content (AvgIpc) is 3.03. The van der Waals surface area contributed by atoms with Gasteiger partial charge in [-0.2, -0.15) is 0 Å². The number of ether oxygens (including phenoxy) is 1. The predicted molar refractivity (Wildman–Crippen MR) is 161 cm³/mol. The molecule has 1 N–H and O–H groups in total. The third-order valence-electron chi connectivity index (χ3n) is 7.17. The molecule has 1 aromatic heterocycles. The second-order valence-corrected chi connectivity index (χ2v) is 10.8. The fourth-order valence-corrected chi connectivity index (χ4v) is 5.79. The molecule has 1 saturated heterocycles. The van der Waals surface area contributed by atoms with Gasteiger partial charge in [-0.05, 0) is 42.0 Å². The Hall–Kier alpha value is -4.38. The summed E-state index contributed by atoms with van der Waals surface area (Å²) in [5.74, 6) is 0.296. The number of halogens is 1. The van der Waals surface area contributed by atoms with Crippen molar-refractivity contribution in [1.29, 1.82) is 0 Å². The highest BCUT2D eigenvalue weighted by molar-refractivity contribution is 7.99. The first kappa shape index (κ1) is 29.1. The van der Waals surface area contributed by atoms with Gasteiger partial charge in [-0.3, -0.25) is 19.0 Å². The Labute approximate surface area is 247 Å². The monoisotopic (exact) mass is 589 g/mol. The van der Waals surface area contributed by atoms with E-state index in [1.807, 2.05) is 35.2 Å². The van der Waals surface area contributed by atoms with Crippen molar-refractivity contribution >= 4 is 40.2 Å². The van der Waals surface area contributed by atoms with E-state index < -0.39 is 0 Å². The number of aromatic nitrogens is 2. The number of carbonyl (C=O) groups excluding carboxylic acids is 2. The van der Waals surface area contributed by atoms with E-state index in [0.29, 0.717) is 42.2 Å². The molecule has 3 aromatic carbocycles. The van der Waals surface area contributed by atoms with Gasteiger partial charge < -0.3 is 19.9 Å². The summed E-state index contributed by atoms with van der Waals surface area (Å²) in [4.78, 5) is 47.8. The van der Waals surface area contributed by atoms with Gasteiger partial charge in [-0.1, -0.05) is 48.2 Å². The standard InChI is InChI=1S/C31H32FN5O4S/c1-41-27-9-5-4-8-26(27)35-16-18-36(19-17-35)29(39)21-42-31-34-25-7-3-2-6-24(25)30(40)37(31)15-14-28(38)33-20-22-10-12-23(32)13-11-22/h2-13H,14-21H2,1H3,(H,33,38). The zero-order chi connectivity index (χ0) is 29.5. The number of piperazine rings is 1. The van der Waals surface area contributed by atoms with Crippen LogP contribution in [0.4, 0.5) is 10.1 Å². The Morgan fingerprint density at radius 3 is 2.45 bits per heavy atom. The van der Waals surface area contributed by atoms with Crippen molar-refractivity contribution in [2.24, 2.45) is 0 Å². The van der Waals surface area contributed by atoms with Crippen molar-refractivity contribution < 1.29 is 18.7 Å². The van der Waals surface area contributed by atoms with Gasteiger partial charge in [0.15, 0.2) is 5.16 Å². The van der Waals surface area contributed by atoms with Crippen LogP contribution in [0.1, 0.15) is 12.0 Å². The molecular formula is C31H32FN5O4S. The number of anilines is 1. The van der Waals surface area contributed by atoms with Crippen LogP contribution in [0.25, 0.3) is 10.9 Å². The molecule has 42 heavy (non-hydrogen) atoms. The first-order chi connectivity index (χ1) is 20.4. The lowest BCUT2D eigenvalue weighted by Crippen LogP contribution is -2.49. The van der Waals surface area contributed by atoms with E-state index in [2.05, 4.69) is 15.2 Å². The van der Waals surface area contributed by atoms with E-state index in [1.165, 1.54) is 28.5 Å². The summed E-state index contributed by atoms with van der Waals surface area (Å²) in [5.41, 5.74) is 2.06. The third-order valence-corrected chi connectivity index (χ3v) is 8.14. The quantitative estimate of drug-likeness (QED) is 0.223. The summed E-state index contributed by atoms with van der Waals surface area (Å²) in [6, 6.07) is 20.8. The van der Waals surface area contributed by atoms with Gasteiger partial charge >= 0.3 is 0 Å². The number of nitrogens with one attached hydrogen (secondary N) is 1. The van der Waals surface area contributed by atoms with Crippen LogP contribution in [0.15, 0.2) is 82.7 Å². The molecule has 0 aliphatic carbocycles. The lowest BCUT2D eigenvalue weighted by molar-refractivity contribution is -0.128. The Morgan fingerprint density at radius 1 is 0.976 bits per heavy atom. The number of amides is 2. The maximum Gasteiger partial charge on any atom is 0.262 e. The molecule has 11 heteroatoms. The number of benzene rings is 3. The summed E-state index contributed by atoms with van der Waals surface area (Å²) in [7, 11) is 1.65. The second-order valence-electron chi connectivity index (χ2n) is 9.85. The van der Waals surface area contributed by atoms with Gasteiger partial charge in [-0.15, -0.1) is 0 Å². The average molecular weight is 590 g/mol. The number of methoxy groups -OCH3 is 1. The van der Waals surface area contributed by atoms with Crippen molar-refractivity contribution in [2.75, 3.05) is 43.9 Å². The fourth-order valence-electron chi connectivity index (χ4n) is 4.87. The normalized spacial score (nSPS) is 13.3. The first-order valence-electron chi connectivity index (χ1n) is 13.7. The molecule has 2 heterocycles. The molecule has 0 radical (unpaired) electrons. The SMILES string of the molecule is COc1ccccc1N1CCN(C(=O)CSc2nc3ccccc3c(=O)n2CCC(=O)NCc2ccc(F)cc2)CC1. The Balaban J connectivity index is 1.22. The number of rotatable bonds is 10. The number of thioether (sulfide) groups is 1. The van der Waals surface area contributed by atoms with Crippen molar-refractivity contribution in [1.82, 2.24) is 19.8 Å². The Morgan fingerprint density at radius 2 is 1.69 bits per heavy atom. The topological polar surface area (TPSA) is 96.8 Å². The van der Waals surface area contributed by atoms with Crippen molar-refractivity contribution in [3.8, 4) is 5.75 Å². The fraction of sp³-hybridized carbons (Fsp3) is 0.290. The van der Waals surface area contributed by atoms with Crippen LogP contribution in [0.2, 0.25) is 0 Å². The van der Waals surface area contributed by atoms with Gasteiger partial charge in [0.05, 0.1) is 29.5 Å². The van der Waals surface area contributed by atoms with Crippen molar-refractivity contribution in [3.05, 3.63) is 94.5 Å². The third kappa shape index (κ3) is 6.91. The van der Waals surface area contributed by atoms with Crippen LogP contribution in [0.5, 0.6) is 5.75 Å². The van der Waals surface area contributed by atoms with Crippen LogP contribution in [0, 0.1) is 5.82 Å². The first-order valence-corrected chi connectivity index (χ1v) is 14.7. The van der Waals surface area contributed by atoms with E-state index in [-0.39, 0.29) is 48.5 Å². The molecule has 1 aliphatic heterocycles. The van der Waals surface area contributed by atoms with E-state index >= 15 is 0 Å². The number of para-hydroxylation sites is 3. The number of hydrogen-bond acceptors (Lipinski definition) is 7. The molecule has 4 aromatic rings. The summed E-state index contributed by atoms with van der Waals surface area (Å²) < 4.78 is 20.1. The zero-order valence-corrected chi connectivity index (χ0v) is 24.1. The minimum Gasteiger partial charge on any atom is -0.495 e. The molecule has 0 unspecified atom stereocenters. The maximum atomic E-state index is 13.4. The van der Waals surface area contributed by atoms with Crippen molar-refractivity contribution in [2.45, 2.75) is 24.7 Å². The van der Waals surface area contributed by atoms with Crippen LogP contribution >= 0.6 is 11.8 Å². The summed E-state index contributed by atoms with van der Waals surface area (Å²) in [5, 5.41) is 3.65. The molecule has 0 bridgehead atoms. The highest BCUT2D eigenvalue weighted by Gasteiger charge is 2.24. The lowest BCUT2D eigenvalue weighted by Gasteiger charge is -2.36. The van der Waals surface area contributed by atoms with Crippen LogP contribution in [-0.4, -0.2) is 65.3 Å². The number of carbonyl (C=O) groups is 2. The second kappa shape index (κ2) is 13.5. The maximum absolute atomic E-state index is 13.4. The van der Waals surface area contributed by atoms with Crippen molar-refractivity contribution in [3.63, 3.8) is 0 Å². The Bertz CT molecular complexity index is 1620. The smallest absolute Gasteiger partial charge is 0.262 e. The van der Waals surface area contributed by atoms with E-state index in [1.54, 1.807) is 37.4 Å². The Kier molecular flexibility index (Phi) is 9.38. The van der Waals surface area contributed by atoms with Gasteiger partial charge in [0.2, 0.25) is 11.8 Å². The minimum atomic E-state index is -0.341. The zero-order valence-electron chi connectivity index (χ0n) is 23.3. The summed E-state index contributed by atoms with van der Waals surface area (Å²) in [6.07, 6.45) is 0.0491. The van der Waals surface area contributed by atoms with Gasteiger partial charge in [0.1, 0.15) is 11.6 Å². The summed E-state index contributed by atoms with van der Waals surface area (Å²) in [6.45, 7) is 2.88. The summed E-state index contributed by atoms with van der Waals surface area (Å²) >= 11 is 1.20. The van der Waals surface area contributed by atoms with Crippen LogP contribution < -0.4 is 20.5 Å². The number of fused-ring (bicyclic) bond motifs is 1. The van der Waals surface area contributed by atoms with Gasteiger partial charge in [0, 0.05) is 45.7 Å². The number of hydrogen-bond donors (Lipinski definition) is 1. The largest absolute Gasteiger partial charge is 0.495 e. The van der Waals surface area contributed by atoms with Gasteiger partial charge in [-0.25, -0.2) is 9.37 Å². The van der Waals surface area contributed by atoms with E-state index in [0.717, 1.165) is 17.0 Å².